The third-order valence-electron chi connectivity index (χ3n) is 8.69. The first kappa shape index (κ1) is 33.6. The van der Waals surface area contributed by atoms with Crippen molar-refractivity contribution < 1.29 is 45.5 Å². The van der Waals surface area contributed by atoms with Gasteiger partial charge in [0.25, 0.3) is 0 Å². The summed E-state index contributed by atoms with van der Waals surface area (Å²) in [5, 5.41) is 0. The molecular formula is C32H36F6N4O4. The number of carbonyl (C=O) groups is 3. The minimum atomic E-state index is -5.06. The smallest absolute Gasteiger partial charge is 0.416 e. The van der Waals surface area contributed by atoms with Gasteiger partial charge < -0.3 is 20.3 Å². The maximum absolute atomic E-state index is 14.0. The van der Waals surface area contributed by atoms with E-state index in [0.29, 0.717) is 50.4 Å². The number of alkyl halides is 6. The van der Waals surface area contributed by atoms with Gasteiger partial charge in [0.05, 0.1) is 23.6 Å². The van der Waals surface area contributed by atoms with Gasteiger partial charge in [0.1, 0.15) is 18.8 Å². The highest BCUT2D eigenvalue weighted by atomic mass is 19.4. The summed E-state index contributed by atoms with van der Waals surface area (Å²) < 4.78 is 85.9. The summed E-state index contributed by atoms with van der Waals surface area (Å²) in [5.74, 6) is -0.973. The van der Waals surface area contributed by atoms with Crippen LogP contribution in [0.15, 0.2) is 48.5 Å². The van der Waals surface area contributed by atoms with Crippen molar-refractivity contribution in [1.82, 2.24) is 14.7 Å². The Morgan fingerprint density at radius 1 is 0.870 bits per heavy atom. The molecule has 3 aliphatic rings. The van der Waals surface area contributed by atoms with Gasteiger partial charge in [-0.05, 0) is 80.3 Å². The summed E-state index contributed by atoms with van der Waals surface area (Å²) >= 11 is 0. The van der Waals surface area contributed by atoms with E-state index in [2.05, 4.69) is 0 Å². The summed E-state index contributed by atoms with van der Waals surface area (Å²) in [6.07, 6.45) is -8.39. The summed E-state index contributed by atoms with van der Waals surface area (Å²) in [6.45, 7) is -0.0955. The molecule has 14 heteroatoms. The van der Waals surface area contributed by atoms with E-state index in [1.807, 2.05) is 18.2 Å². The Kier molecular flexibility index (Phi) is 9.85. The zero-order valence-corrected chi connectivity index (χ0v) is 25.0. The Balaban J connectivity index is 1.44. The minimum Gasteiger partial charge on any atom is -0.444 e. The van der Waals surface area contributed by atoms with E-state index >= 15 is 0 Å². The van der Waals surface area contributed by atoms with Crippen molar-refractivity contribution in [3.63, 3.8) is 0 Å². The van der Waals surface area contributed by atoms with Crippen LogP contribution in [0.4, 0.5) is 31.1 Å². The summed E-state index contributed by atoms with van der Waals surface area (Å²) in [4.78, 5) is 45.8. The molecule has 3 amide bonds. The van der Waals surface area contributed by atoms with Gasteiger partial charge in [-0.3, -0.25) is 14.5 Å². The Bertz CT molecular complexity index is 1380. The second-order valence-electron chi connectivity index (χ2n) is 12.2. The molecule has 46 heavy (non-hydrogen) atoms. The van der Waals surface area contributed by atoms with Crippen LogP contribution in [0, 0.1) is 11.8 Å². The molecule has 0 bridgehead atoms. The third-order valence-corrected chi connectivity index (χ3v) is 8.69. The lowest BCUT2D eigenvalue weighted by Gasteiger charge is -2.53. The fraction of sp³-hybridized carbons (Fsp3) is 0.531. The van der Waals surface area contributed by atoms with Gasteiger partial charge in [-0.25, -0.2) is 4.79 Å². The lowest BCUT2D eigenvalue weighted by Crippen LogP contribution is -2.73. The van der Waals surface area contributed by atoms with E-state index in [1.54, 1.807) is 17.0 Å². The van der Waals surface area contributed by atoms with Gasteiger partial charge in [-0.2, -0.15) is 26.3 Å². The van der Waals surface area contributed by atoms with Crippen LogP contribution in [0.5, 0.6) is 0 Å². The quantitative estimate of drug-likeness (QED) is 0.272. The first-order valence-electron chi connectivity index (χ1n) is 15.3. The standard InChI is InChI=1S/C32H36F6N4O4/c33-31(34,35)24-13-22(14-25(15-24)32(36,37)38)19-46-30(45)41-17-23(12-20-6-2-1-3-7-20)28(43)42-26(8-4-5-11-39)29(44)40(18-27(41)42)16-21-9-10-21/h1-3,6-7,13-15,21,23,26-27H,4-5,8-12,16-19,39H2/t23-,26+,27-/m1/s1. The van der Waals surface area contributed by atoms with Crippen molar-refractivity contribution in [2.45, 2.75) is 69.7 Å². The third kappa shape index (κ3) is 7.76. The Morgan fingerprint density at radius 2 is 1.52 bits per heavy atom. The molecule has 3 fully saturated rings. The van der Waals surface area contributed by atoms with E-state index < -0.39 is 59.9 Å². The molecule has 8 nitrogen and oxygen atoms in total. The molecule has 1 saturated carbocycles. The number of amides is 3. The molecule has 2 N–H and O–H groups in total. The molecule has 0 unspecified atom stereocenters. The number of halogens is 6. The van der Waals surface area contributed by atoms with Crippen LogP contribution in [0.3, 0.4) is 0 Å². The molecule has 3 atom stereocenters. The number of rotatable bonds is 10. The zero-order valence-electron chi connectivity index (χ0n) is 25.0. The molecule has 0 aromatic heterocycles. The number of nitrogens with zero attached hydrogens (tertiary/aromatic N) is 3. The van der Waals surface area contributed by atoms with Crippen LogP contribution >= 0.6 is 0 Å². The molecule has 0 spiro atoms. The van der Waals surface area contributed by atoms with Crippen LogP contribution in [0.1, 0.15) is 54.4 Å². The van der Waals surface area contributed by atoms with E-state index in [1.165, 1.54) is 9.80 Å². The van der Waals surface area contributed by atoms with E-state index in [-0.39, 0.29) is 37.4 Å². The van der Waals surface area contributed by atoms with Crippen molar-refractivity contribution >= 4 is 17.9 Å². The fourth-order valence-corrected chi connectivity index (χ4v) is 6.21. The lowest BCUT2D eigenvalue weighted by molar-refractivity contribution is -0.173. The summed E-state index contributed by atoms with van der Waals surface area (Å²) in [5.41, 5.74) is 2.97. The Hall–Kier alpha value is -3.81. The second kappa shape index (κ2) is 13.5. The van der Waals surface area contributed by atoms with Gasteiger partial charge in [0.2, 0.25) is 11.8 Å². The lowest BCUT2D eigenvalue weighted by atomic mass is 9.90. The van der Waals surface area contributed by atoms with Gasteiger partial charge in [-0.15, -0.1) is 0 Å². The van der Waals surface area contributed by atoms with Crippen molar-refractivity contribution in [2.24, 2.45) is 17.6 Å². The monoisotopic (exact) mass is 654 g/mol. The van der Waals surface area contributed by atoms with E-state index in [0.717, 1.165) is 18.4 Å². The van der Waals surface area contributed by atoms with Crippen molar-refractivity contribution in [3.8, 4) is 0 Å². The highest BCUT2D eigenvalue weighted by Gasteiger charge is 2.52. The number of carbonyl (C=O) groups excluding carboxylic acids is 3. The molecular weight excluding hydrogens is 618 g/mol. The predicted octanol–water partition coefficient (Wildman–Crippen LogP) is 5.44. The van der Waals surface area contributed by atoms with Crippen LogP contribution in [-0.2, 0) is 39.7 Å². The first-order valence-corrected chi connectivity index (χ1v) is 15.3. The number of fused-ring (bicyclic) bond motifs is 1. The van der Waals surface area contributed by atoms with Crippen LogP contribution < -0.4 is 5.73 Å². The maximum atomic E-state index is 14.0. The SMILES string of the molecule is NCCCC[C@H]1C(=O)N(CC2CC2)C[C@@H]2N(C(=O)OCc3cc(C(F)(F)F)cc(C(F)(F)F)c3)C[C@@H](Cc3ccccc3)C(=O)N21. The van der Waals surface area contributed by atoms with Crippen LogP contribution in [0.2, 0.25) is 0 Å². The minimum absolute atomic E-state index is 0.00588. The molecule has 2 aliphatic heterocycles. The fourth-order valence-electron chi connectivity index (χ4n) is 6.21. The normalized spacial score (nSPS) is 22.2. The van der Waals surface area contributed by atoms with Crippen molar-refractivity contribution in [2.75, 3.05) is 26.2 Å². The molecule has 5 rings (SSSR count). The largest absolute Gasteiger partial charge is 0.444 e. The predicted molar refractivity (Wildman–Crippen MR) is 154 cm³/mol. The number of hydrogen-bond acceptors (Lipinski definition) is 5. The number of nitrogens with two attached hydrogens (primary N) is 1. The second-order valence-corrected chi connectivity index (χ2v) is 12.2. The number of ether oxygens (including phenoxy) is 1. The van der Waals surface area contributed by atoms with E-state index in [4.69, 9.17) is 10.5 Å². The topological polar surface area (TPSA) is 96.2 Å². The number of piperazine rings is 1. The molecule has 1 aliphatic carbocycles. The van der Waals surface area contributed by atoms with E-state index in [9.17, 15) is 40.7 Å². The van der Waals surface area contributed by atoms with Crippen molar-refractivity contribution in [1.29, 1.82) is 0 Å². The molecule has 0 radical (unpaired) electrons. The highest BCUT2D eigenvalue weighted by molar-refractivity contribution is 5.91. The summed E-state index contributed by atoms with van der Waals surface area (Å²) in [6, 6.07) is 9.24. The number of unbranched alkanes of at least 4 members (excludes halogenated alkanes) is 1. The average molecular weight is 655 g/mol. The van der Waals surface area contributed by atoms with Crippen LogP contribution in [-0.4, -0.2) is 71.0 Å². The Labute approximate surface area is 262 Å². The summed E-state index contributed by atoms with van der Waals surface area (Å²) in [7, 11) is 0. The molecule has 2 aromatic rings. The van der Waals surface area contributed by atoms with Gasteiger partial charge in [0.15, 0.2) is 0 Å². The van der Waals surface area contributed by atoms with Gasteiger partial charge in [0, 0.05) is 13.1 Å². The van der Waals surface area contributed by atoms with Gasteiger partial charge >= 0.3 is 18.4 Å². The van der Waals surface area contributed by atoms with Gasteiger partial charge in [-0.1, -0.05) is 30.3 Å². The number of benzene rings is 2. The number of hydrogen-bond donors (Lipinski definition) is 1. The van der Waals surface area contributed by atoms with Crippen LogP contribution in [0.25, 0.3) is 0 Å². The molecule has 2 aromatic carbocycles. The molecule has 250 valence electrons. The average Bonchev–Trinajstić information content (AvgIpc) is 3.83. The molecule has 2 saturated heterocycles. The maximum Gasteiger partial charge on any atom is 0.416 e. The highest BCUT2D eigenvalue weighted by Crippen LogP contribution is 2.38. The Morgan fingerprint density at radius 3 is 2.11 bits per heavy atom. The first-order chi connectivity index (χ1) is 21.8. The zero-order chi connectivity index (χ0) is 33.2. The molecule has 2 heterocycles. The van der Waals surface area contributed by atoms with Crippen molar-refractivity contribution in [3.05, 3.63) is 70.8 Å².